The summed E-state index contributed by atoms with van der Waals surface area (Å²) in [5.74, 6) is 0.248. The van der Waals surface area contributed by atoms with Gasteiger partial charge in [-0.2, -0.15) is 0 Å². The van der Waals surface area contributed by atoms with Gasteiger partial charge in [0, 0.05) is 13.8 Å². The fraction of sp³-hybridized carbons (Fsp3) is 0.364. The van der Waals surface area contributed by atoms with Crippen LogP contribution in [0.3, 0.4) is 0 Å². The normalized spacial score (nSPS) is 14.5. The average molecular weight is 384 g/mol. The van der Waals surface area contributed by atoms with Crippen molar-refractivity contribution in [2.45, 2.75) is 46.8 Å². The van der Waals surface area contributed by atoms with E-state index in [1.807, 2.05) is 20.8 Å². The van der Waals surface area contributed by atoms with Crippen molar-refractivity contribution in [2.24, 2.45) is 5.41 Å². The van der Waals surface area contributed by atoms with Crippen LogP contribution in [0.15, 0.2) is 42.5 Å². The number of rotatable bonds is 5. The van der Waals surface area contributed by atoms with Crippen molar-refractivity contribution in [3.63, 3.8) is 0 Å². The van der Waals surface area contributed by atoms with Crippen LogP contribution < -0.4 is 18.9 Å². The van der Waals surface area contributed by atoms with Gasteiger partial charge in [0.1, 0.15) is 11.5 Å². The zero-order chi connectivity index (χ0) is 20.5. The SMILES string of the molecule is CCC(C)(C)C(=O)Oc1ccc(OC(=O)c2ccc3c(c2)OC(C)(C)O3)cc1. The molecule has 2 aromatic rings. The molecular weight excluding hydrogens is 360 g/mol. The van der Waals surface area contributed by atoms with E-state index in [1.165, 1.54) is 0 Å². The maximum Gasteiger partial charge on any atom is 0.343 e. The van der Waals surface area contributed by atoms with Gasteiger partial charge in [0.15, 0.2) is 11.5 Å². The number of esters is 2. The van der Waals surface area contributed by atoms with Crippen molar-refractivity contribution in [3.8, 4) is 23.0 Å². The van der Waals surface area contributed by atoms with Gasteiger partial charge in [-0.25, -0.2) is 4.79 Å². The van der Waals surface area contributed by atoms with E-state index in [4.69, 9.17) is 18.9 Å². The molecule has 0 fully saturated rings. The van der Waals surface area contributed by atoms with E-state index < -0.39 is 17.2 Å². The molecule has 0 amide bonds. The fourth-order valence-corrected chi connectivity index (χ4v) is 2.48. The molecule has 1 aliphatic rings. The van der Waals surface area contributed by atoms with Gasteiger partial charge in [-0.1, -0.05) is 6.92 Å². The first-order valence-electron chi connectivity index (χ1n) is 9.16. The lowest BCUT2D eigenvalue weighted by molar-refractivity contribution is -0.144. The van der Waals surface area contributed by atoms with Crippen LogP contribution in [0.1, 0.15) is 51.4 Å². The van der Waals surface area contributed by atoms with Crippen LogP contribution in [0.25, 0.3) is 0 Å². The van der Waals surface area contributed by atoms with E-state index in [0.717, 1.165) is 0 Å². The number of carbonyl (C=O) groups is 2. The van der Waals surface area contributed by atoms with Crippen molar-refractivity contribution < 1.29 is 28.5 Å². The Kier molecular flexibility index (Phi) is 5.06. The third-order valence-corrected chi connectivity index (χ3v) is 4.57. The molecule has 0 aliphatic carbocycles. The zero-order valence-corrected chi connectivity index (χ0v) is 16.7. The number of benzene rings is 2. The predicted molar refractivity (Wildman–Crippen MR) is 103 cm³/mol. The van der Waals surface area contributed by atoms with E-state index in [2.05, 4.69) is 0 Å². The molecule has 0 unspecified atom stereocenters. The Morgan fingerprint density at radius 3 is 2.11 bits per heavy atom. The topological polar surface area (TPSA) is 71.1 Å². The highest BCUT2D eigenvalue weighted by Crippen LogP contribution is 2.39. The van der Waals surface area contributed by atoms with Crippen molar-refractivity contribution in [1.29, 1.82) is 0 Å². The smallest absolute Gasteiger partial charge is 0.343 e. The van der Waals surface area contributed by atoms with Crippen LogP contribution in [-0.2, 0) is 4.79 Å². The van der Waals surface area contributed by atoms with Crippen molar-refractivity contribution >= 4 is 11.9 Å². The molecule has 1 aliphatic heterocycles. The van der Waals surface area contributed by atoms with Gasteiger partial charge in [-0.15, -0.1) is 0 Å². The molecule has 3 rings (SSSR count). The standard InChI is InChI=1S/C22H24O6/c1-6-21(2,3)20(24)26-16-10-8-15(9-11-16)25-19(23)14-7-12-17-18(13-14)28-22(4,5)27-17/h7-13H,6H2,1-5H3. The van der Waals surface area contributed by atoms with Crippen molar-refractivity contribution in [3.05, 3.63) is 48.0 Å². The number of carbonyl (C=O) groups excluding carboxylic acids is 2. The van der Waals surface area contributed by atoms with Gasteiger partial charge in [-0.3, -0.25) is 4.79 Å². The average Bonchev–Trinajstić information content (AvgIpc) is 2.96. The molecule has 6 nitrogen and oxygen atoms in total. The number of hydrogen-bond donors (Lipinski definition) is 0. The van der Waals surface area contributed by atoms with E-state index in [0.29, 0.717) is 35.0 Å². The van der Waals surface area contributed by atoms with Crippen LogP contribution >= 0.6 is 0 Å². The van der Waals surface area contributed by atoms with Crippen molar-refractivity contribution in [2.75, 3.05) is 0 Å². The molecule has 0 bridgehead atoms. The van der Waals surface area contributed by atoms with Crippen molar-refractivity contribution in [1.82, 2.24) is 0 Å². The maximum absolute atomic E-state index is 12.4. The Labute approximate surface area is 164 Å². The fourth-order valence-electron chi connectivity index (χ4n) is 2.48. The summed E-state index contributed by atoms with van der Waals surface area (Å²) in [6, 6.07) is 11.2. The minimum absolute atomic E-state index is 0.303. The molecule has 2 aromatic carbocycles. The molecule has 1 heterocycles. The Hall–Kier alpha value is -3.02. The summed E-state index contributed by atoms with van der Waals surface area (Å²) in [6.45, 7) is 9.18. The monoisotopic (exact) mass is 384 g/mol. The number of fused-ring (bicyclic) bond motifs is 1. The molecule has 0 saturated heterocycles. The van der Waals surface area contributed by atoms with E-state index in [1.54, 1.807) is 56.3 Å². The molecule has 148 valence electrons. The molecular formula is C22H24O6. The second kappa shape index (κ2) is 7.19. The molecule has 6 heteroatoms. The molecule has 0 spiro atoms. The summed E-state index contributed by atoms with van der Waals surface area (Å²) in [7, 11) is 0. The summed E-state index contributed by atoms with van der Waals surface area (Å²) in [5, 5.41) is 0. The maximum atomic E-state index is 12.4. The van der Waals surface area contributed by atoms with Crippen LogP contribution in [0, 0.1) is 5.41 Å². The lowest BCUT2D eigenvalue weighted by Crippen LogP contribution is -2.29. The summed E-state index contributed by atoms with van der Waals surface area (Å²) in [4.78, 5) is 24.5. The van der Waals surface area contributed by atoms with Crippen LogP contribution in [0.2, 0.25) is 0 Å². The highest BCUT2D eigenvalue weighted by atomic mass is 16.7. The Morgan fingerprint density at radius 1 is 0.929 bits per heavy atom. The first kappa shape index (κ1) is 19.7. The van der Waals surface area contributed by atoms with Gasteiger partial charge >= 0.3 is 11.9 Å². The predicted octanol–water partition coefficient (Wildman–Crippen LogP) is 4.75. The number of hydrogen-bond acceptors (Lipinski definition) is 6. The summed E-state index contributed by atoms with van der Waals surface area (Å²) >= 11 is 0. The minimum Gasteiger partial charge on any atom is -0.449 e. The lowest BCUT2D eigenvalue weighted by atomic mass is 9.91. The Bertz CT molecular complexity index is 896. The largest absolute Gasteiger partial charge is 0.449 e. The third-order valence-electron chi connectivity index (χ3n) is 4.57. The Morgan fingerprint density at radius 2 is 1.50 bits per heavy atom. The first-order chi connectivity index (χ1) is 13.1. The first-order valence-corrected chi connectivity index (χ1v) is 9.16. The van der Waals surface area contributed by atoms with E-state index >= 15 is 0 Å². The van der Waals surface area contributed by atoms with Crippen LogP contribution in [0.5, 0.6) is 23.0 Å². The zero-order valence-electron chi connectivity index (χ0n) is 16.7. The molecule has 0 aromatic heterocycles. The second-order valence-corrected chi connectivity index (χ2v) is 7.75. The molecule has 0 radical (unpaired) electrons. The quantitative estimate of drug-likeness (QED) is 0.547. The van der Waals surface area contributed by atoms with Gasteiger partial charge in [0.05, 0.1) is 11.0 Å². The molecule has 0 atom stereocenters. The van der Waals surface area contributed by atoms with Crippen LogP contribution in [0.4, 0.5) is 0 Å². The second-order valence-electron chi connectivity index (χ2n) is 7.75. The van der Waals surface area contributed by atoms with Gasteiger partial charge in [-0.05, 0) is 62.7 Å². The minimum atomic E-state index is -0.759. The summed E-state index contributed by atoms with van der Waals surface area (Å²) in [5.41, 5.74) is -0.209. The summed E-state index contributed by atoms with van der Waals surface area (Å²) in [6.07, 6.45) is 0.675. The lowest BCUT2D eigenvalue weighted by Gasteiger charge is -2.20. The molecule has 0 N–H and O–H groups in total. The van der Waals surface area contributed by atoms with Gasteiger partial charge in [0.25, 0.3) is 0 Å². The van der Waals surface area contributed by atoms with Crippen LogP contribution in [-0.4, -0.2) is 17.7 Å². The van der Waals surface area contributed by atoms with E-state index in [-0.39, 0.29) is 5.97 Å². The third kappa shape index (κ3) is 4.27. The van der Waals surface area contributed by atoms with Gasteiger partial charge < -0.3 is 18.9 Å². The molecule has 0 saturated carbocycles. The van der Waals surface area contributed by atoms with Gasteiger partial charge in [0.2, 0.25) is 5.79 Å². The highest BCUT2D eigenvalue weighted by Gasteiger charge is 2.32. The Balaban J connectivity index is 1.65. The summed E-state index contributed by atoms with van der Waals surface area (Å²) < 4.78 is 22.0. The molecule has 28 heavy (non-hydrogen) atoms. The highest BCUT2D eigenvalue weighted by molar-refractivity contribution is 5.92. The number of ether oxygens (including phenoxy) is 4. The van der Waals surface area contributed by atoms with E-state index in [9.17, 15) is 9.59 Å².